The SMILES string of the molecule is C=C(c1c(C)ccc(C)c1Br)N1CCCCC1C. The van der Waals surface area contributed by atoms with Crippen molar-refractivity contribution in [1.82, 2.24) is 4.90 Å². The van der Waals surface area contributed by atoms with Crippen molar-refractivity contribution in [3.05, 3.63) is 39.9 Å². The van der Waals surface area contributed by atoms with Gasteiger partial charge < -0.3 is 4.90 Å². The van der Waals surface area contributed by atoms with Crippen LogP contribution < -0.4 is 0 Å². The van der Waals surface area contributed by atoms with E-state index in [1.54, 1.807) is 0 Å². The first-order chi connectivity index (χ1) is 8.52. The molecule has 0 aromatic heterocycles. The van der Waals surface area contributed by atoms with Crippen molar-refractivity contribution in [2.75, 3.05) is 6.54 Å². The van der Waals surface area contributed by atoms with Gasteiger partial charge in [0.2, 0.25) is 0 Å². The first kappa shape index (κ1) is 13.7. The molecule has 0 spiro atoms. The van der Waals surface area contributed by atoms with Gasteiger partial charge in [-0.1, -0.05) is 18.7 Å². The highest BCUT2D eigenvalue weighted by molar-refractivity contribution is 9.10. The average molecular weight is 308 g/mol. The van der Waals surface area contributed by atoms with Crippen LogP contribution in [0.3, 0.4) is 0 Å². The van der Waals surface area contributed by atoms with Crippen LogP contribution in [0, 0.1) is 13.8 Å². The Balaban J connectivity index is 2.36. The molecule has 0 aliphatic carbocycles. The predicted molar refractivity (Wildman–Crippen MR) is 82.7 cm³/mol. The van der Waals surface area contributed by atoms with Crippen LogP contribution in [0.1, 0.15) is 42.9 Å². The maximum Gasteiger partial charge on any atom is 0.0383 e. The second kappa shape index (κ2) is 5.48. The average Bonchev–Trinajstić information content (AvgIpc) is 2.35. The van der Waals surface area contributed by atoms with Crippen LogP contribution in [0.15, 0.2) is 23.2 Å². The number of halogens is 1. The largest absolute Gasteiger partial charge is 0.369 e. The fraction of sp³-hybridized carbons (Fsp3) is 0.500. The number of benzene rings is 1. The van der Waals surface area contributed by atoms with Crippen molar-refractivity contribution in [1.29, 1.82) is 0 Å². The molecule has 1 atom stereocenters. The molecule has 1 saturated heterocycles. The maximum atomic E-state index is 4.36. The van der Waals surface area contributed by atoms with Gasteiger partial charge in [0.1, 0.15) is 0 Å². The van der Waals surface area contributed by atoms with E-state index >= 15 is 0 Å². The Kier molecular flexibility index (Phi) is 4.16. The standard InChI is InChI=1S/C16H22BrN/c1-11-8-9-12(2)16(17)15(11)14(4)18-10-6-5-7-13(18)3/h8-9,13H,4-7,10H2,1-3H3. The second-order valence-corrected chi connectivity index (χ2v) is 6.17. The summed E-state index contributed by atoms with van der Waals surface area (Å²) < 4.78 is 1.20. The van der Waals surface area contributed by atoms with Crippen molar-refractivity contribution in [2.24, 2.45) is 0 Å². The lowest BCUT2D eigenvalue weighted by atomic mass is 9.98. The van der Waals surface area contributed by atoms with E-state index in [0.717, 1.165) is 6.54 Å². The molecule has 1 fully saturated rings. The van der Waals surface area contributed by atoms with E-state index < -0.39 is 0 Å². The van der Waals surface area contributed by atoms with Gasteiger partial charge in [0, 0.05) is 28.3 Å². The molecule has 0 bridgehead atoms. The summed E-state index contributed by atoms with van der Waals surface area (Å²) in [6, 6.07) is 4.96. The van der Waals surface area contributed by atoms with E-state index in [1.807, 2.05) is 0 Å². The molecule has 2 heteroatoms. The lowest BCUT2D eigenvalue weighted by molar-refractivity contribution is 0.244. The number of nitrogens with zero attached hydrogens (tertiary/aromatic N) is 1. The first-order valence-corrected chi connectivity index (χ1v) is 7.53. The van der Waals surface area contributed by atoms with Gasteiger partial charge in [0.05, 0.1) is 0 Å². The minimum Gasteiger partial charge on any atom is -0.369 e. The molecule has 0 amide bonds. The number of likely N-dealkylation sites (tertiary alicyclic amines) is 1. The molecule has 1 heterocycles. The van der Waals surface area contributed by atoms with E-state index in [0.29, 0.717) is 6.04 Å². The molecule has 2 rings (SSSR count). The molecule has 0 radical (unpaired) electrons. The third-order valence-electron chi connectivity index (χ3n) is 3.98. The number of piperidine rings is 1. The molecule has 1 aromatic rings. The Morgan fingerprint density at radius 2 is 1.94 bits per heavy atom. The maximum absolute atomic E-state index is 4.36. The summed E-state index contributed by atoms with van der Waals surface area (Å²) in [5, 5.41) is 0. The van der Waals surface area contributed by atoms with Gasteiger partial charge >= 0.3 is 0 Å². The molecule has 1 nitrogen and oxygen atoms in total. The van der Waals surface area contributed by atoms with E-state index in [9.17, 15) is 0 Å². The van der Waals surface area contributed by atoms with E-state index in [2.05, 4.69) is 60.3 Å². The molecule has 1 aliphatic rings. The Morgan fingerprint density at radius 1 is 1.28 bits per heavy atom. The summed E-state index contributed by atoms with van der Waals surface area (Å²) in [6.45, 7) is 12.1. The fourth-order valence-electron chi connectivity index (χ4n) is 2.77. The fourth-order valence-corrected chi connectivity index (χ4v) is 3.45. The molecule has 1 aliphatic heterocycles. The van der Waals surface area contributed by atoms with Crippen LogP contribution in [-0.4, -0.2) is 17.5 Å². The van der Waals surface area contributed by atoms with Crippen molar-refractivity contribution in [3.63, 3.8) is 0 Å². The quantitative estimate of drug-likeness (QED) is 0.750. The van der Waals surface area contributed by atoms with Crippen LogP contribution in [0.2, 0.25) is 0 Å². The van der Waals surface area contributed by atoms with E-state index in [1.165, 1.54) is 46.1 Å². The van der Waals surface area contributed by atoms with Gasteiger partial charge in [-0.2, -0.15) is 0 Å². The second-order valence-electron chi connectivity index (χ2n) is 5.37. The van der Waals surface area contributed by atoms with Crippen LogP contribution in [0.5, 0.6) is 0 Å². The van der Waals surface area contributed by atoms with E-state index in [4.69, 9.17) is 0 Å². The number of aryl methyl sites for hydroxylation is 2. The third-order valence-corrected chi connectivity index (χ3v) is 5.00. The Labute approximate surface area is 119 Å². The lowest BCUT2D eigenvalue weighted by Crippen LogP contribution is -2.35. The molecule has 18 heavy (non-hydrogen) atoms. The van der Waals surface area contributed by atoms with Crippen LogP contribution in [-0.2, 0) is 0 Å². The smallest absolute Gasteiger partial charge is 0.0383 e. The van der Waals surface area contributed by atoms with Crippen LogP contribution in [0.4, 0.5) is 0 Å². The predicted octanol–water partition coefficient (Wildman–Crippen LogP) is 4.91. The zero-order chi connectivity index (χ0) is 13.3. The topological polar surface area (TPSA) is 3.24 Å². The highest BCUT2D eigenvalue weighted by Gasteiger charge is 2.22. The zero-order valence-corrected chi connectivity index (χ0v) is 13.2. The van der Waals surface area contributed by atoms with Crippen molar-refractivity contribution >= 4 is 21.6 Å². The summed E-state index contributed by atoms with van der Waals surface area (Å²) in [7, 11) is 0. The number of hydrogen-bond acceptors (Lipinski definition) is 1. The monoisotopic (exact) mass is 307 g/mol. The van der Waals surface area contributed by atoms with Crippen LogP contribution >= 0.6 is 15.9 Å². The summed E-state index contributed by atoms with van der Waals surface area (Å²) in [4.78, 5) is 2.47. The summed E-state index contributed by atoms with van der Waals surface area (Å²) >= 11 is 3.73. The van der Waals surface area contributed by atoms with Gasteiger partial charge in [0.25, 0.3) is 0 Å². The van der Waals surface area contributed by atoms with Gasteiger partial charge in [-0.05, 0) is 67.1 Å². The van der Waals surface area contributed by atoms with Gasteiger partial charge in [-0.15, -0.1) is 0 Å². The van der Waals surface area contributed by atoms with Crippen molar-refractivity contribution < 1.29 is 0 Å². The van der Waals surface area contributed by atoms with Crippen molar-refractivity contribution in [2.45, 2.75) is 46.1 Å². The molecular weight excluding hydrogens is 286 g/mol. The van der Waals surface area contributed by atoms with Gasteiger partial charge in [-0.3, -0.25) is 0 Å². The van der Waals surface area contributed by atoms with Crippen LogP contribution in [0.25, 0.3) is 5.70 Å². The molecule has 1 aromatic carbocycles. The Hall–Kier alpha value is -0.760. The van der Waals surface area contributed by atoms with Crippen molar-refractivity contribution in [3.8, 4) is 0 Å². The highest BCUT2D eigenvalue weighted by atomic mass is 79.9. The molecule has 1 unspecified atom stereocenters. The highest BCUT2D eigenvalue weighted by Crippen LogP contribution is 2.34. The third kappa shape index (κ3) is 2.49. The van der Waals surface area contributed by atoms with E-state index in [-0.39, 0.29) is 0 Å². The molecular formula is C16H22BrN. The molecule has 98 valence electrons. The summed E-state index contributed by atoms with van der Waals surface area (Å²) in [5.41, 5.74) is 5.04. The van der Waals surface area contributed by atoms with Gasteiger partial charge in [0.15, 0.2) is 0 Å². The molecule has 0 saturated carbocycles. The lowest BCUT2D eigenvalue weighted by Gasteiger charge is -2.37. The summed E-state index contributed by atoms with van der Waals surface area (Å²) in [6.07, 6.45) is 3.91. The normalized spacial score (nSPS) is 20.0. The minimum absolute atomic E-state index is 0.609. The number of rotatable bonds is 2. The Bertz CT molecular complexity index is 464. The minimum atomic E-state index is 0.609. The molecule has 0 N–H and O–H groups in total. The Morgan fingerprint density at radius 3 is 2.61 bits per heavy atom. The zero-order valence-electron chi connectivity index (χ0n) is 11.6. The number of hydrogen-bond donors (Lipinski definition) is 0. The first-order valence-electron chi connectivity index (χ1n) is 6.74. The van der Waals surface area contributed by atoms with Gasteiger partial charge in [-0.25, -0.2) is 0 Å². The summed E-state index contributed by atoms with van der Waals surface area (Å²) in [5.74, 6) is 0.